The zero-order valence-electron chi connectivity index (χ0n) is 20.0. The number of aliphatic hydroxyl groups is 1. The van der Waals surface area contributed by atoms with E-state index < -0.39 is 21.0 Å². The third-order valence-corrected chi connectivity index (χ3v) is 5.80. The van der Waals surface area contributed by atoms with E-state index in [2.05, 4.69) is 33.9 Å². The van der Waals surface area contributed by atoms with E-state index in [1.165, 1.54) is 7.11 Å². The molecule has 0 aromatic heterocycles. The van der Waals surface area contributed by atoms with Crippen molar-refractivity contribution < 1.29 is 23.4 Å². The molecule has 1 radical (unpaired) electrons. The van der Waals surface area contributed by atoms with Crippen molar-refractivity contribution >= 4 is 9.04 Å². The SMILES string of the molecule is COCOc1ccc(C(C)C)c(F)c1C(O)c1ccc(C(O[Si](C)C)C(C)(C)C)cc1. The van der Waals surface area contributed by atoms with E-state index in [0.717, 1.165) is 5.56 Å². The molecule has 0 spiro atoms. The summed E-state index contributed by atoms with van der Waals surface area (Å²) in [6.45, 7) is 14.5. The molecule has 1 N–H and O–H groups in total. The highest BCUT2D eigenvalue weighted by Gasteiger charge is 2.29. The Morgan fingerprint density at radius 2 is 1.58 bits per heavy atom. The van der Waals surface area contributed by atoms with E-state index >= 15 is 4.39 Å². The Bertz CT molecular complexity index is 844. The minimum absolute atomic E-state index is 0.0198. The van der Waals surface area contributed by atoms with Gasteiger partial charge in [-0.2, -0.15) is 0 Å². The highest BCUT2D eigenvalue weighted by Crippen LogP contribution is 2.39. The molecule has 171 valence electrons. The third-order valence-electron chi connectivity index (χ3n) is 5.09. The fraction of sp³-hybridized carbons (Fsp3) is 0.520. The predicted molar refractivity (Wildman–Crippen MR) is 124 cm³/mol. The van der Waals surface area contributed by atoms with Crippen LogP contribution in [0.5, 0.6) is 5.75 Å². The third kappa shape index (κ3) is 6.39. The highest BCUT2D eigenvalue weighted by atomic mass is 28.3. The largest absolute Gasteiger partial charge is 0.467 e. The average Bonchev–Trinajstić information content (AvgIpc) is 2.69. The van der Waals surface area contributed by atoms with Gasteiger partial charge >= 0.3 is 0 Å². The van der Waals surface area contributed by atoms with Crippen LogP contribution in [-0.2, 0) is 9.16 Å². The van der Waals surface area contributed by atoms with E-state index in [-0.39, 0.29) is 35.5 Å². The number of rotatable bonds is 9. The van der Waals surface area contributed by atoms with Crippen LogP contribution in [0.25, 0.3) is 0 Å². The number of aliphatic hydroxyl groups excluding tert-OH is 1. The lowest BCUT2D eigenvalue weighted by atomic mass is 9.84. The van der Waals surface area contributed by atoms with Gasteiger partial charge in [0, 0.05) is 7.11 Å². The van der Waals surface area contributed by atoms with Crippen LogP contribution in [0.3, 0.4) is 0 Å². The smallest absolute Gasteiger partial charge is 0.205 e. The number of halogens is 1. The van der Waals surface area contributed by atoms with E-state index in [1.807, 2.05) is 38.1 Å². The predicted octanol–water partition coefficient (Wildman–Crippen LogP) is 6.37. The van der Waals surface area contributed by atoms with E-state index in [0.29, 0.717) is 11.1 Å². The maximum Gasteiger partial charge on any atom is 0.205 e. The molecule has 6 heteroatoms. The van der Waals surface area contributed by atoms with Gasteiger partial charge in [0.2, 0.25) is 9.04 Å². The van der Waals surface area contributed by atoms with Crippen LogP contribution in [0.1, 0.15) is 75.0 Å². The first-order chi connectivity index (χ1) is 14.5. The molecule has 0 aliphatic carbocycles. The molecular formula is C25H36FO4Si. The minimum atomic E-state index is -1.16. The molecule has 2 aromatic carbocycles. The summed E-state index contributed by atoms with van der Waals surface area (Å²) in [5, 5.41) is 11.1. The van der Waals surface area contributed by atoms with Crippen LogP contribution in [0.4, 0.5) is 4.39 Å². The molecule has 0 amide bonds. The van der Waals surface area contributed by atoms with Crippen LogP contribution < -0.4 is 4.74 Å². The Kier molecular flexibility index (Phi) is 8.83. The molecule has 0 bridgehead atoms. The van der Waals surface area contributed by atoms with Crippen molar-refractivity contribution in [2.24, 2.45) is 5.41 Å². The fourth-order valence-corrected chi connectivity index (χ4v) is 4.50. The maximum atomic E-state index is 15.4. The molecule has 4 nitrogen and oxygen atoms in total. The second kappa shape index (κ2) is 10.7. The summed E-state index contributed by atoms with van der Waals surface area (Å²) in [5.74, 6) is -0.186. The Hall–Kier alpha value is -1.73. The molecule has 0 saturated heterocycles. The van der Waals surface area contributed by atoms with E-state index in [4.69, 9.17) is 13.9 Å². The molecular weight excluding hydrogens is 411 g/mol. The van der Waals surface area contributed by atoms with Crippen LogP contribution in [0.15, 0.2) is 36.4 Å². The number of methoxy groups -OCH3 is 1. The molecule has 2 atom stereocenters. The maximum absolute atomic E-state index is 15.4. The first-order valence-corrected chi connectivity index (χ1v) is 13.1. The number of benzene rings is 2. The van der Waals surface area contributed by atoms with Crippen molar-refractivity contribution in [3.8, 4) is 5.75 Å². The second-order valence-electron chi connectivity index (χ2n) is 9.43. The summed E-state index contributed by atoms with van der Waals surface area (Å²) >= 11 is 0. The number of hydrogen-bond donors (Lipinski definition) is 1. The van der Waals surface area contributed by atoms with Crippen molar-refractivity contribution in [3.05, 3.63) is 64.5 Å². The zero-order chi connectivity index (χ0) is 23.3. The Morgan fingerprint density at radius 3 is 2.06 bits per heavy atom. The van der Waals surface area contributed by atoms with Crippen molar-refractivity contribution in [1.82, 2.24) is 0 Å². The molecule has 0 fully saturated rings. The van der Waals surface area contributed by atoms with E-state index in [9.17, 15) is 5.11 Å². The monoisotopic (exact) mass is 447 g/mol. The van der Waals surface area contributed by atoms with Crippen molar-refractivity contribution in [1.29, 1.82) is 0 Å². The van der Waals surface area contributed by atoms with Crippen LogP contribution >= 0.6 is 0 Å². The molecule has 2 aromatic rings. The Morgan fingerprint density at radius 1 is 1.00 bits per heavy atom. The molecule has 0 heterocycles. The van der Waals surface area contributed by atoms with E-state index in [1.54, 1.807) is 12.1 Å². The number of ether oxygens (including phenoxy) is 2. The number of hydrogen-bond acceptors (Lipinski definition) is 4. The summed E-state index contributed by atoms with van der Waals surface area (Å²) in [6.07, 6.45) is -1.21. The summed E-state index contributed by atoms with van der Waals surface area (Å²) in [5.41, 5.74) is 2.24. The Balaban J connectivity index is 2.44. The van der Waals surface area contributed by atoms with Crippen molar-refractivity contribution in [3.63, 3.8) is 0 Å². The lowest BCUT2D eigenvalue weighted by Crippen LogP contribution is -2.25. The lowest BCUT2D eigenvalue weighted by Gasteiger charge is -2.33. The van der Waals surface area contributed by atoms with Gasteiger partial charge in [0.1, 0.15) is 17.7 Å². The quantitative estimate of drug-likeness (QED) is 0.358. The van der Waals surface area contributed by atoms with Gasteiger partial charge in [0.15, 0.2) is 6.79 Å². The zero-order valence-corrected chi connectivity index (χ0v) is 21.0. The van der Waals surface area contributed by atoms with Crippen LogP contribution in [0, 0.1) is 11.2 Å². The van der Waals surface area contributed by atoms with Crippen molar-refractivity contribution in [2.45, 2.75) is 65.8 Å². The Labute approximate surface area is 188 Å². The van der Waals surface area contributed by atoms with Gasteiger partial charge in [-0.05, 0) is 47.2 Å². The normalized spacial score (nSPS) is 14.2. The van der Waals surface area contributed by atoms with Gasteiger partial charge in [-0.3, -0.25) is 0 Å². The fourth-order valence-electron chi connectivity index (χ4n) is 3.54. The molecule has 2 rings (SSSR count). The van der Waals surface area contributed by atoms with Crippen molar-refractivity contribution in [2.75, 3.05) is 13.9 Å². The lowest BCUT2D eigenvalue weighted by molar-refractivity contribution is 0.0483. The molecule has 2 unspecified atom stereocenters. The topological polar surface area (TPSA) is 47.9 Å². The standard InChI is InChI=1S/C25H36FO4Si/c1-16(2)19-13-14-20(29-15-28-6)21(22(19)26)23(27)17-9-11-18(12-10-17)24(25(3,4)5)30-31(7)8/h9-14,16,23-24,27H,15H2,1-8H3. The van der Waals surface area contributed by atoms with Gasteiger partial charge in [-0.15, -0.1) is 0 Å². The van der Waals surface area contributed by atoms with Crippen LogP contribution in [0.2, 0.25) is 13.1 Å². The van der Waals surface area contributed by atoms with Gasteiger partial charge in [0.25, 0.3) is 0 Å². The first kappa shape index (κ1) is 25.5. The summed E-state index contributed by atoms with van der Waals surface area (Å²) < 4.78 is 32.1. The van der Waals surface area contributed by atoms with Gasteiger partial charge in [-0.1, -0.05) is 65.0 Å². The molecule has 0 aliphatic rings. The highest BCUT2D eigenvalue weighted by molar-refractivity contribution is 6.48. The van der Waals surface area contributed by atoms with Crippen LogP contribution in [-0.4, -0.2) is 28.0 Å². The molecule has 0 saturated carbocycles. The van der Waals surface area contributed by atoms with Gasteiger partial charge in [0.05, 0.1) is 11.7 Å². The summed E-state index contributed by atoms with van der Waals surface area (Å²) in [4.78, 5) is 0. The van der Waals surface area contributed by atoms with Gasteiger partial charge < -0.3 is 19.0 Å². The van der Waals surface area contributed by atoms with Gasteiger partial charge in [-0.25, -0.2) is 4.39 Å². The summed E-state index contributed by atoms with van der Waals surface area (Å²) in [7, 11) is 0.609. The average molecular weight is 448 g/mol. The minimum Gasteiger partial charge on any atom is -0.467 e. The second-order valence-corrected chi connectivity index (χ2v) is 11.5. The summed E-state index contributed by atoms with van der Waals surface area (Å²) in [6, 6.07) is 11.0. The molecule has 0 aliphatic heterocycles. The first-order valence-electron chi connectivity index (χ1n) is 10.7. The molecule has 31 heavy (non-hydrogen) atoms.